The second-order valence-corrected chi connectivity index (χ2v) is 9.32. The monoisotopic (exact) mass is 537 g/mol. The van der Waals surface area contributed by atoms with Gasteiger partial charge in [-0.2, -0.15) is 5.10 Å². The fourth-order valence-electron chi connectivity index (χ4n) is 4.61. The molecule has 1 atom stereocenters. The summed E-state index contributed by atoms with van der Waals surface area (Å²) in [6, 6.07) is 6.28. The summed E-state index contributed by atoms with van der Waals surface area (Å²) < 4.78 is 22.8. The van der Waals surface area contributed by atoms with Crippen molar-refractivity contribution in [3.05, 3.63) is 85.2 Å². The first-order valence-electron chi connectivity index (χ1n) is 12.6. The summed E-state index contributed by atoms with van der Waals surface area (Å²) in [4.78, 5) is 35.8. The van der Waals surface area contributed by atoms with Gasteiger partial charge >= 0.3 is 0 Å². The van der Waals surface area contributed by atoms with E-state index in [0.29, 0.717) is 58.4 Å². The zero-order valence-electron chi connectivity index (χ0n) is 21.7. The van der Waals surface area contributed by atoms with Crippen molar-refractivity contribution < 1.29 is 13.9 Å². The number of aromatic nitrogens is 7. The van der Waals surface area contributed by atoms with Gasteiger partial charge in [0.25, 0.3) is 0 Å². The van der Waals surface area contributed by atoms with Crippen LogP contribution in [0.4, 0.5) is 15.9 Å². The molecule has 0 aliphatic carbocycles. The molecule has 1 aromatic carbocycles. The smallest absolute Gasteiger partial charge is 0.246 e. The molecule has 40 heavy (non-hydrogen) atoms. The van der Waals surface area contributed by atoms with Gasteiger partial charge in [0.1, 0.15) is 41.0 Å². The van der Waals surface area contributed by atoms with Crippen molar-refractivity contribution in [2.75, 3.05) is 11.9 Å². The lowest BCUT2D eigenvalue weighted by Gasteiger charge is -2.31. The molecule has 11 nitrogen and oxygen atoms in total. The molecule has 1 N–H and O–H groups in total. The Hall–Kier alpha value is -5.26. The summed E-state index contributed by atoms with van der Waals surface area (Å²) in [6.45, 7) is 7.86. The lowest BCUT2D eigenvalue weighted by molar-refractivity contribution is -0.127. The minimum atomic E-state index is -0.527. The first-order valence-corrected chi connectivity index (χ1v) is 12.6. The number of rotatable bonds is 6. The molecule has 1 unspecified atom stereocenters. The van der Waals surface area contributed by atoms with Crippen LogP contribution >= 0.6 is 0 Å². The molecule has 200 valence electrons. The Morgan fingerprint density at radius 2 is 2.08 bits per heavy atom. The number of hydrogen-bond acceptors (Lipinski definition) is 9. The summed E-state index contributed by atoms with van der Waals surface area (Å²) in [5.74, 6) is 1.08. The van der Waals surface area contributed by atoms with Crippen molar-refractivity contribution in [3.8, 4) is 11.5 Å². The zero-order chi connectivity index (χ0) is 27.8. The minimum absolute atomic E-state index is 0.118. The van der Waals surface area contributed by atoms with Crippen LogP contribution in [0.5, 0.6) is 11.5 Å². The number of carbonyl (C=O) groups is 1. The third-order valence-electron chi connectivity index (χ3n) is 6.68. The van der Waals surface area contributed by atoms with Crippen molar-refractivity contribution in [1.29, 1.82) is 0 Å². The SMILES string of the molecule is C=CC(=O)N1CCC(c2ncc3ncnc(Nc4cc(C)c(Oc5ccn6ncnc6c5)cc4F)c3n2)=CC1C. The lowest BCUT2D eigenvalue weighted by atomic mass is 10.0. The summed E-state index contributed by atoms with van der Waals surface area (Å²) in [5, 5.41) is 7.12. The zero-order valence-corrected chi connectivity index (χ0v) is 21.7. The topological polar surface area (TPSA) is 123 Å². The normalized spacial score (nSPS) is 15.2. The Morgan fingerprint density at radius 1 is 1.20 bits per heavy atom. The van der Waals surface area contributed by atoms with E-state index in [1.54, 1.807) is 40.0 Å². The van der Waals surface area contributed by atoms with Gasteiger partial charge in [0, 0.05) is 30.9 Å². The summed E-state index contributed by atoms with van der Waals surface area (Å²) in [6.07, 6.45) is 10.0. The maximum atomic E-state index is 15.3. The summed E-state index contributed by atoms with van der Waals surface area (Å²) in [7, 11) is 0. The minimum Gasteiger partial charge on any atom is -0.457 e. The van der Waals surface area contributed by atoms with Gasteiger partial charge in [-0.1, -0.05) is 12.7 Å². The van der Waals surface area contributed by atoms with Crippen molar-refractivity contribution in [2.24, 2.45) is 0 Å². The maximum absolute atomic E-state index is 15.3. The largest absolute Gasteiger partial charge is 0.457 e. The standard InChI is InChI=1S/C28H24FN9O2/c1-4-25(39)37-7-5-18(10-17(37)3)27-30-13-22-26(36-27)28(33-14-31-22)35-21-9-16(2)23(12-20(21)29)40-19-6-8-38-24(11-19)32-15-34-38/h4,6,8-15,17H,1,5,7H2,2-3H3,(H,31,33,35). The number of amides is 1. The van der Waals surface area contributed by atoms with E-state index in [1.807, 2.05) is 19.9 Å². The number of benzene rings is 1. The Kier molecular flexibility index (Phi) is 6.34. The molecule has 0 spiro atoms. The Bertz CT molecular complexity index is 1820. The molecule has 1 aliphatic heterocycles. The molecule has 5 heterocycles. The number of hydrogen-bond donors (Lipinski definition) is 1. The van der Waals surface area contributed by atoms with Crippen LogP contribution in [0, 0.1) is 12.7 Å². The molecular formula is C28H24FN9O2. The van der Waals surface area contributed by atoms with Crippen molar-refractivity contribution in [2.45, 2.75) is 26.3 Å². The molecule has 1 amide bonds. The first kappa shape index (κ1) is 25.0. The fraction of sp³-hybridized carbons (Fsp3) is 0.179. The number of pyridine rings is 1. The van der Waals surface area contributed by atoms with E-state index in [0.717, 1.165) is 5.57 Å². The van der Waals surface area contributed by atoms with E-state index in [4.69, 9.17) is 9.72 Å². The van der Waals surface area contributed by atoms with E-state index in [1.165, 1.54) is 24.8 Å². The van der Waals surface area contributed by atoms with E-state index >= 15 is 4.39 Å². The highest BCUT2D eigenvalue weighted by Gasteiger charge is 2.23. The highest BCUT2D eigenvalue weighted by atomic mass is 19.1. The number of nitrogens with zero attached hydrogens (tertiary/aromatic N) is 8. The molecule has 0 radical (unpaired) electrons. The van der Waals surface area contributed by atoms with Gasteiger partial charge in [-0.3, -0.25) is 4.79 Å². The molecular weight excluding hydrogens is 513 g/mol. The van der Waals surface area contributed by atoms with E-state index < -0.39 is 5.82 Å². The van der Waals surface area contributed by atoms with Gasteiger partial charge in [0.15, 0.2) is 17.3 Å². The Labute approximate surface area is 228 Å². The average molecular weight is 538 g/mol. The number of aryl methyl sites for hydroxylation is 1. The van der Waals surface area contributed by atoms with E-state index in [2.05, 4.69) is 36.9 Å². The number of nitrogens with one attached hydrogen (secondary N) is 1. The fourth-order valence-corrected chi connectivity index (χ4v) is 4.61. The van der Waals surface area contributed by atoms with Gasteiger partial charge in [-0.15, -0.1) is 0 Å². The van der Waals surface area contributed by atoms with Gasteiger partial charge in [-0.05, 0) is 49.6 Å². The Morgan fingerprint density at radius 3 is 2.90 bits per heavy atom. The number of carbonyl (C=O) groups excluding carboxylic acids is 1. The maximum Gasteiger partial charge on any atom is 0.246 e. The van der Waals surface area contributed by atoms with Gasteiger partial charge in [0.05, 0.1) is 11.9 Å². The average Bonchev–Trinajstić information content (AvgIpc) is 3.43. The van der Waals surface area contributed by atoms with Crippen LogP contribution in [0.3, 0.4) is 0 Å². The predicted octanol–water partition coefficient (Wildman–Crippen LogP) is 4.64. The van der Waals surface area contributed by atoms with Crippen molar-refractivity contribution in [1.82, 2.24) is 39.4 Å². The van der Waals surface area contributed by atoms with Crippen LogP contribution in [-0.2, 0) is 4.79 Å². The Balaban J connectivity index is 1.28. The first-order chi connectivity index (χ1) is 19.4. The molecule has 0 saturated carbocycles. The van der Waals surface area contributed by atoms with Gasteiger partial charge in [0.2, 0.25) is 5.91 Å². The number of anilines is 2. The molecule has 5 aromatic rings. The lowest BCUT2D eigenvalue weighted by Crippen LogP contribution is -2.39. The van der Waals surface area contributed by atoms with Crippen molar-refractivity contribution in [3.63, 3.8) is 0 Å². The highest BCUT2D eigenvalue weighted by molar-refractivity contribution is 5.89. The third-order valence-corrected chi connectivity index (χ3v) is 6.68. The number of ether oxygens (including phenoxy) is 1. The molecule has 0 fully saturated rings. The molecule has 1 aliphatic rings. The summed E-state index contributed by atoms with van der Waals surface area (Å²) in [5.41, 5.74) is 3.40. The van der Waals surface area contributed by atoms with Gasteiger partial charge < -0.3 is 15.0 Å². The summed E-state index contributed by atoms with van der Waals surface area (Å²) >= 11 is 0. The third kappa shape index (κ3) is 4.70. The number of fused-ring (bicyclic) bond motifs is 2. The van der Waals surface area contributed by atoms with E-state index in [-0.39, 0.29) is 17.6 Å². The van der Waals surface area contributed by atoms with Crippen molar-refractivity contribution >= 4 is 39.7 Å². The van der Waals surface area contributed by atoms with Crippen LogP contribution in [-0.4, -0.2) is 57.9 Å². The second-order valence-electron chi connectivity index (χ2n) is 9.32. The number of halogens is 1. The van der Waals surface area contributed by atoms with Crippen LogP contribution in [0.25, 0.3) is 22.3 Å². The van der Waals surface area contributed by atoms with Crippen LogP contribution in [0.1, 0.15) is 24.7 Å². The highest BCUT2D eigenvalue weighted by Crippen LogP contribution is 2.32. The second kappa shape index (κ2) is 10.1. The molecule has 0 bridgehead atoms. The molecule has 6 rings (SSSR count). The quantitative estimate of drug-likeness (QED) is 0.309. The molecule has 12 heteroatoms. The van der Waals surface area contributed by atoms with Crippen LogP contribution < -0.4 is 10.1 Å². The predicted molar refractivity (Wildman–Crippen MR) is 147 cm³/mol. The molecule has 0 saturated heterocycles. The van der Waals surface area contributed by atoms with Crippen LogP contribution in [0.2, 0.25) is 0 Å². The van der Waals surface area contributed by atoms with Gasteiger partial charge in [-0.25, -0.2) is 33.8 Å². The van der Waals surface area contributed by atoms with Crippen LogP contribution in [0.15, 0.2) is 68.0 Å². The van der Waals surface area contributed by atoms with E-state index in [9.17, 15) is 4.79 Å². The molecule has 4 aromatic heterocycles.